The molecule has 0 saturated heterocycles. The van der Waals surface area contributed by atoms with E-state index in [-0.39, 0.29) is 10.6 Å². The summed E-state index contributed by atoms with van der Waals surface area (Å²) in [5.74, 6) is -1.48. The molecule has 0 spiro atoms. The van der Waals surface area contributed by atoms with E-state index in [2.05, 4.69) is 10.3 Å². The molecule has 2 aliphatic heterocycles. The summed E-state index contributed by atoms with van der Waals surface area (Å²) < 4.78 is 25.4. The molecule has 2 aliphatic rings. The van der Waals surface area contributed by atoms with Gasteiger partial charge in [-0.1, -0.05) is 26.0 Å². The van der Waals surface area contributed by atoms with Crippen molar-refractivity contribution in [3.8, 4) is 0 Å². The average Bonchev–Trinajstić information content (AvgIpc) is 2.67. The molecule has 3 heterocycles. The van der Waals surface area contributed by atoms with Crippen LogP contribution in [0.1, 0.15) is 30.6 Å². The van der Waals surface area contributed by atoms with Crippen molar-refractivity contribution in [2.45, 2.75) is 25.2 Å². The van der Waals surface area contributed by atoms with Crippen LogP contribution in [0.15, 0.2) is 58.6 Å². The fraction of sp³-hybridized carbons (Fsp3) is 0.286. The van der Waals surface area contributed by atoms with Crippen LogP contribution < -0.4 is 10.2 Å². The molecule has 4 rings (SSSR count). The van der Waals surface area contributed by atoms with Crippen LogP contribution in [0.5, 0.6) is 0 Å². The molecule has 0 bridgehead atoms. The van der Waals surface area contributed by atoms with Gasteiger partial charge in [-0.2, -0.15) is 0 Å². The van der Waals surface area contributed by atoms with Gasteiger partial charge in [-0.05, 0) is 36.6 Å². The van der Waals surface area contributed by atoms with Crippen molar-refractivity contribution in [1.29, 1.82) is 0 Å². The van der Waals surface area contributed by atoms with Crippen LogP contribution in [0, 0.1) is 11.8 Å². The summed E-state index contributed by atoms with van der Waals surface area (Å²) in [6, 6.07) is 9.69. The summed E-state index contributed by atoms with van der Waals surface area (Å²) in [5, 5.41) is 3.99. The Labute approximate surface area is 169 Å². The van der Waals surface area contributed by atoms with Crippen molar-refractivity contribution in [3.05, 3.63) is 59.3 Å². The van der Waals surface area contributed by atoms with Gasteiger partial charge in [0.15, 0.2) is 5.78 Å². The molecule has 29 heavy (non-hydrogen) atoms. The zero-order valence-corrected chi connectivity index (χ0v) is 16.9. The first-order valence-corrected chi connectivity index (χ1v) is 11.0. The molecule has 1 amide bonds. The topological polar surface area (TPSA) is 96.4 Å². The van der Waals surface area contributed by atoms with Crippen molar-refractivity contribution >= 4 is 33.0 Å². The van der Waals surface area contributed by atoms with E-state index < -0.39 is 27.4 Å². The first-order valence-electron chi connectivity index (χ1n) is 9.43. The highest BCUT2D eigenvalue weighted by Gasteiger charge is 2.44. The highest BCUT2D eigenvalue weighted by atomic mass is 32.2. The number of hydrogen-bond donors (Lipinski definition) is 1. The normalized spacial score (nSPS) is 20.0. The summed E-state index contributed by atoms with van der Waals surface area (Å²) in [6.07, 6.45) is 2.27. The SMILES string of the molecule is CC(C)CCN1C(=O)C(C2=CS(=O)(=O)c3ccccc3N2)C(=O)c2cccnc21. The number of anilines is 2. The van der Waals surface area contributed by atoms with E-state index in [1.54, 1.807) is 36.5 Å². The maximum atomic E-state index is 13.3. The van der Waals surface area contributed by atoms with Gasteiger partial charge in [-0.3, -0.25) is 14.5 Å². The molecule has 0 fully saturated rings. The van der Waals surface area contributed by atoms with Gasteiger partial charge in [-0.25, -0.2) is 13.4 Å². The number of carbonyl (C=O) groups excluding carboxylic acids is 2. The van der Waals surface area contributed by atoms with Crippen molar-refractivity contribution in [3.63, 3.8) is 0 Å². The smallest absolute Gasteiger partial charge is 0.245 e. The van der Waals surface area contributed by atoms with E-state index in [0.717, 1.165) is 11.8 Å². The van der Waals surface area contributed by atoms with Gasteiger partial charge in [0.05, 0.1) is 21.6 Å². The summed E-state index contributed by atoms with van der Waals surface area (Å²) in [5.41, 5.74) is 0.749. The van der Waals surface area contributed by atoms with Gasteiger partial charge >= 0.3 is 0 Å². The van der Waals surface area contributed by atoms with Crippen molar-refractivity contribution < 1.29 is 18.0 Å². The molecule has 1 aromatic carbocycles. The predicted octanol–water partition coefficient (Wildman–Crippen LogP) is 3.01. The van der Waals surface area contributed by atoms with Crippen LogP contribution in [0.3, 0.4) is 0 Å². The van der Waals surface area contributed by atoms with Crippen LogP contribution in [0.25, 0.3) is 0 Å². The number of benzene rings is 1. The molecule has 1 atom stereocenters. The number of nitrogens with zero attached hydrogens (tertiary/aromatic N) is 2. The molecule has 1 unspecified atom stereocenters. The number of carbonyl (C=O) groups is 2. The Hall–Kier alpha value is -3.00. The van der Waals surface area contributed by atoms with Crippen molar-refractivity contribution in [1.82, 2.24) is 4.98 Å². The second-order valence-corrected chi connectivity index (χ2v) is 9.35. The van der Waals surface area contributed by atoms with E-state index in [1.807, 2.05) is 13.8 Å². The number of ketones is 1. The zero-order chi connectivity index (χ0) is 20.8. The van der Waals surface area contributed by atoms with E-state index >= 15 is 0 Å². The van der Waals surface area contributed by atoms with Gasteiger partial charge in [-0.15, -0.1) is 0 Å². The number of Topliss-reactive ketones (excluding diaryl/α,β-unsaturated/α-hetero) is 1. The molecular weight excluding hydrogens is 390 g/mol. The molecule has 7 nitrogen and oxygen atoms in total. The maximum absolute atomic E-state index is 13.3. The number of amides is 1. The molecule has 8 heteroatoms. The van der Waals surface area contributed by atoms with E-state index in [1.165, 1.54) is 11.0 Å². The molecule has 1 N–H and O–H groups in total. The van der Waals surface area contributed by atoms with Crippen LogP contribution in [0.2, 0.25) is 0 Å². The minimum Gasteiger partial charge on any atom is -0.356 e. The average molecular weight is 411 g/mol. The molecule has 2 aromatic rings. The minimum atomic E-state index is -3.77. The summed E-state index contributed by atoms with van der Waals surface area (Å²) >= 11 is 0. The van der Waals surface area contributed by atoms with Crippen LogP contribution in [0.4, 0.5) is 11.5 Å². The molecular formula is C21H21N3O4S. The van der Waals surface area contributed by atoms with Gasteiger partial charge in [0.25, 0.3) is 0 Å². The van der Waals surface area contributed by atoms with Crippen molar-refractivity contribution in [2.75, 3.05) is 16.8 Å². The lowest BCUT2D eigenvalue weighted by atomic mass is 9.89. The zero-order valence-electron chi connectivity index (χ0n) is 16.1. The molecule has 0 radical (unpaired) electrons. The predicted molar refractivity (Wildman–Crippen MR) is 109 cm³/mol. The standard InChI is InChI=1S/C21H21N3O4S/c1-13(2)9-11-24-20-14(6-5-10-22-20)19(25)18(21(24)26)16-12-29(27,28)17-8-4-3-7-15(17)23-16/h3-8,10,12-13,18,23H,9,11H2,1-2H3. The number of pyridine rings is 1. The van der Waals surface area contributed by atoms with E-state index in [4.69, 9.17) is 0 Å². The van der Waals surface area contributed by atoms with E-state index in [9.17, 15) is 18.0 Å². The largest absolute Gasteiger partial charge is 0.356 e. The number of aromatic nitrogens is 1. The summed E-state index contributed by atoms with van der Waals surface area (Å²) in [4.78, 5) is 32.4. The number of nitrogens with one attached hydrogen (secondary N) is 1. The third kappa shape index (κ3) is 3.33. The third-order valence-corrected chi connectivity index (χ3v) is 6.61. The number of hydrogen-bond acceptors (Lipinski definition) is 6. The number of fused-ring (bicyclic) bond motifs is 2. The minimum absolute atomic E-state index is 0.0720. The number of sulfone groups is 1. The Morgan fingerprint density at radius 3 is 2.66 bits per heavy atom. The molecule has 1 aromatic heterocycles. The van der Waals surface area contributed by atoms with Crippen LogP contribution in [-0.4, -0.2) is 31.6 Å². The molecule has 0 saturated carbocycles. The highest BCUT2D eigenvalue weighted by molar-refractivity contribution is 7.94. The van der Waals surface area contributed by atoms with Crippen molar-refractivity contribution in [2.24, 2.45) is 11.8 Å². The fourth-order valence-corrected chi connectivity index (χ4v) is 4.93. The lowest BCUT2D eigenvalue weighted by Gasteiger charge is -2.34. The Balaban J connectivity index is 1.80. The lowest BCUT2D eigenvalue weighted by molar-refractivity contribution is -0.120. The summed E-state index contributed by atoms with van der Waals surface area (Å²) in [6.45, 7) is 4.50. The Bertz CT molecular complexity index is 1140. The number of rotatable bonds is 4. The lowest BCUT2D eigenvalue weighted by Crippen LogP contribution is -2.48. The first kappa shape index (κ1) is 19.3. The Kier molecular flexibility index (Phi) is 4.74. The van der Waals surface area contributed by atoms with Gasteiger partial charge in [0.2, 0.25) is 15.7 Å². The summed E-state index contributed by atoms with van der Waals surface area (Å²) in [7, 11) is -3.77. The van der Waals surface area contributed by atoms with Gasteiger partial charge in [0.1, 0.15) is 11.7 Å². The third-order valence-electron chi connectivity index (χ3n) is 5.08. The molecule has 0 aliphatic carbocycles. The van der Waals surface area contributed by atoms with E-state index in [0.29, 0.717) is 29.5 Å². The fourth-order valence-electron chi connectivity index (χ4n) is 3.58. The van der Waals surface area contributed by atoms with Gasteiger partial charge < -0.3 is 5.32 Å². The Morgan fingerprint density at radius 1 is 1.14 bits per heavy atom. The quantitative estimate of drug-likeness (QED) is 0.777. The van der Waals surface area contributed by atoms with Crippen LogP contribution >= 0.6 is 0 Å². The number of para-hydroxylation sites is 1. The second kappa shape index (κ2) is 7.11. The first-order chi connectivity index (χ1) is 13.8. The Morgan fingerprint density at radius 2 is 1.90 bits per heavy atom. The molecule has 150 valence electrons. The van der Waals surface area contributed by atoms with Gasteiger partial charge in [0, 0.05) is 18.4 Å². The van der Waals surface area contributed by atoms with Crippen LogP contribution in [-0.2, 0) is 14.6 Å². The highest BCUT2D eigenvalue weighted by Crippen LogP contribution is 2.37. The monoisotopic (exact) mass is 411 g/mol. The maximum Gasteiger partial charge on any atom is 0.245 e. The second-order valence-electron chi connectivity index (χ2n) is 7.58.